The van der Waals surface area contributed by atoms with Crippen molar-refractivity contribution in [3.63, 3.8) is 0 Å². The fourth-order valence-corrected chi connectivity index (χ4v) is 3.37. The van der Waals surface area contributed by atoms with Gasteiger partial charge in [0.05, 0.1) is 5.02 Å². The summed E-state index contributed by atoms with van der Waals surface area (Å²) in [5.41, 5.74) is 2.50. The summed E-state index contributed by atoms with van der Waals surface area (Å²) >= 11 is 6.38. The molecule has 0 atom stereocenters. The minimum Gasteiger partial charge on any atom is -0.456 e. The van der Waals surface area contributed by atoms with Gasteiger partial charge in [-0.05, 0) is 55.7 Å². The number of halogens is 1. The van der Waals surface area contributed by atoms with Crippen LogP contribution in [0.1, 0.15) is 41.6 Å². The lowest BCUT2D eigenvalue weighted by atomic mass is 10.1. The van der Waals surface area contributed by atoms with E-state index in [-0.39, 0.29) is 5.91 Å². The first-order valence-electron chi connectivity index (χ1n) is 8.63. The van der Waals surface area contributed by atoms with Crippen LogP contribution in [0.3, 0.4) is 0 Å². The lowest BCUT2D eigenvalue weighted by Crippen LogP contribution is -2.18. The predicted octanol–water partition coefficient (Wildman–Crippen LogP) is 5.15. The summed E-state index contributed by atoms with van der Waals surface area (Å²) in [5, 5.41) is 6.70. The van der Waals surface area contributed by atoms with E-state index in [2.05, 4.69) is 10.6 Å². The number of hydrogen-bond donors (Lipinski definition) is 2. The number of aryl methyl sites for hydroxylation is 1. The summed E-state index contributed by atoms with van der Waals surface area (Å²) in [6.07, 6.45) is 4.99. The molecule has 2 aromatic carbocycles. The standard InChI is InChI=1S/C20H23ClN2O2/c1-13-7-9-16(12-17(13)20(24)22-2)25-19-10-8-15(11-18(19)21)23-14-5-3-4-6-14/h7-12,14,23H,3-6H2,1-2H3,(H,22,24). The molecule has 0 aromatic heterocycles. The number of anilines is 1. The monoisotopic (exact) mass is 358 g/mol. The Balaban J connectivity index is 1.75. The van der Waals surface area contributed by atoms with Crippen LogP contribution in [0.2, 0.25) is 5.02 Å². The maximum Gasteiger partial charge on any atom is 0.251 e. The Morgan fingerprint density at radius 2 is 1.92 bits per heavy atom. The summed E-state index contributed by atoms with van der Waals surface area (Å²) in [6.45, 7) is 1.89. The molecule has 1 aliphatic rings. The van der Waals surface area contributed by atoms with Gasteiger partial charge in [-0.1, -0.05) is 30.5 Å². The highest BCUT2D eigenvalue weighted by Crippen LogP contribution is 2.33. The van der Waals surface area contributed by atoms with Crippen LogP contribution in [-0.4, -0.2) is 19.0 Å². The number of ether oxygens (including phenoxy) is 1. The van der Waals surface area contributed by atoms with E-state index in [1.807, 2.05) is 37.3 Å². The van der Waals surface area contributed by atoms with Crippen LogP contribution < -0.4 is 15.4 Å². The Morgan fingerprint density at radius 3 is 2.60 bits per heavy atom. The molecule has 0 unspecified atom stereocenters. The first-order valence-corrected chi connectivity index (χ1v) is 9.01. The minimum atomic E-state index is -0.134. The van der Waals surface area contributed by atoms with E-state index < -0.39 is 0 Å². The van der Waals surface area contributed by atoms with Crippen LogP contribution in [-0.2, 0) is 0 Å². The van der Waals surface area contributed by atoms with Crippen LogP contribution in [0, 0.1) is 6.92 Å². The first-order chi connectivity index (χ1) is 12.1. The largest absolute Gasteiger partial charge is 0.456 e. The van der Waals surface area contributed by atoms with Gasteiger partial charge in [-0.3, -0.25) is 4.79 Å². The molecule has 0 aliphatic heterocycles. The molecule has 3 rings (SSSR count). The summed E-state index contributed by atoms with van der Waals surface area (Å²) in [7, 11) is 1.61. The van der Waals surface area contributed by atoms with Crippen molar-refractivity contribution in [2.75, 3.05) is 12.4 Å². The summed E-state index contributed by atoms with van der Waals surface area (Å²) in [5.74, 6) is 1.03. The molecule has 1 saturated carbocycles. The van der Waals surface area contributed by atoms with Gasteiger partial charge in [-0.25, -0.2) is 0 Å². The van der Waals surface area contributed by atoms with Crippen molar-refractivity contribution in [1.29, 1.82) is 0 Å². The van der Waals surface area contributed by atoms with Gasteiger partial charge in [0, 0.05) is 24.3 Å². The third kappa shape index (κ3) is 4.26. The van der Waals surface area contributed by atoms with E-state index in [0.29, 0.717) is 28.1 Å². The highest BCUT2D eigenvalue weighted by molar-refractivity contribution is 6.32. The number of carbonyl (C=O) groups excluding carboxylic acids is 1. The molecule has 5 heteroatoms. The van der Waals surface area contributed by atoms with Gasteiger partial charge in [-0.15, -0.1) is 0 Å². The second kappa shape index (κ2) is 7.79. The zero-order valence-electron chi connectivity index (χ0n) is 14.6. The molecule has 132 valence electrons. The molecule has 0 heterocycles. The Morgan fingerprint density at radius 1 is 1.16 bits per heavy atom. The van der Waals surface area contributed by atoms with Crippen molar-refractivity contribution in [3.8, 4) is 11.5 Å². The summed E-state index contributed by atoms with van der Waals surface area (Å²) in [4.78, 5) is 11.9. The zero-order chi connectivity index (χ0) is 17.8. The number of amides is 1. The number of benzene rings is 2. The van der Waals surface area contributed by atoms with Gasteiger partial charge in [0.1, 0.15) is 11.5 Å². The molecular formula is C20H23ClN2O2. The van der Waals surface area contributed by atoms with Crippen LogP contribution in [0.4, 0.5) is 5.69 Å². The first kappa shape index (κ1) is 17.6. The van der Waals surface area contributed by atoms with Crippen LogP contribution in [0.15, 0.2) is 36.4 Å². The Labute approximate surface area is 153 Å². The number of hydrogen-bond acceptors (Lipinski definition) is 3. The average molecular weight is 359 g/mol. The molecule has 1 fully saturated rings. The molecule has 2 N–H and O–H groups in total. The fraction of sp³-hybridized carbons (Fsp3) is 0.350. The smallest absolute Gasteiger partial charge is 0.251 e. The van der Waals surface area contributed by atoms with E-state index in [9.17, 15) is 4.79 Å². The quantitative estimate of drug-likeness (QED) is 0.776. The van der Waals surface area contributed by atoms with E-state index in [1.54, 1.807) is 13.1 Å². The van der Waals surface area contributed by atoms with Gasteiger partial charge >= 0.3 is 0 Å². The van der Waals surface area contributed by atoms with E-state index >= 15 is 0 Å². The topological polar surface area (TPSA) is 50.4 Å². The van der Waals surface area contributed by atoms with Crippen LogP contribution in [0.5, 0.6) is 11.5 Å². The van der Waals surface area contributed by atoms with Gasteiger partial charge < -0.3 is 15.4 Å². The SMILES string of the molecule is CNC(=O)c1cc(Oc2ccc(NC3CCCC3)cc2Cl)ccc1C. The van der Waals surface area contributed by atoms with E-state index in [0.717, 1.165) is 11.3 Å². The average Bonchev–Trinajstić information content (AvgIpc) is 3.11. The highest BCUT2D eigenvalue weighted by atomic mass is 35.5. The molecule has 0 radical (unpaired) electrons. The molecule has 0 bridgehead atoms. The number of carbonyl (C=O) groups is 1. The van der Waals surface area contributed by atoms with Gasteiger partial charge in [0.15, 0.2) is 0 Å². The fourth-order valence-electron chi connectivity index (χ4n) is 3.15. The van der Waals surface area contributed by atoms with Gasteiger partial charge in [0.2, 0.25) is 0 Å². The molecule has 1 aliphatic carbocycles. The molecule has 1 amide bonds. The van der Waals surface area contributed by atoms with E-state index in [1.165, 1.54) is 25.7 Å². The molecular weight excluding hydrogens is 336 g/mol. The normalized spacial score (nSPS) is 14.4. The molecule has 0 spiro atoms. The number of nitrogens with one attached hydrogen (secondary N) is 2. The summed E-state index contributed by atoms with van der Waals surface area (Å²) in [6, 6.07) is 11.7. The lowest BCUT2D eigenvalue weighted by Gasteiger charge is -2.15. The third-order valence-corrected chi connectivity index (χ3v) is 4.86. The van der Waals surface area contributed by atoms with Crippen molar-refractivity contribution in [2.45, 2.75) is 38.6 Å². The molecule has 4 nitrogen and oxygen atoms in total. The van der Waals surface area contributed by atoms with Crippen LogP contribution in [0.25, 0.3) is 0 Å². The van der Waals surface area contributed by atoms with Gasteiger partial charge in [0.25, 0.3) is 5.91 Å². The van der Waals surface area contributed by atoms with Gasteiger partial charge in [-0.2, -0.15) is 0 Å². The van der Waals surface area contributed by atoms with Crippen molar-refractivity contribution in [1.82, 2.24) is 5.32 Å². The maximum atomic E-state index is 11.9. The lowest BCUT2D eigenvalue weighted by molar-refractivity contribution is 0.0962. The van der Waals surface area contributed by atoms with Crippen molar-refractivity contribution >= 4 is 23.2 Å². The molecule has 0 saturated heterocycles. The Hall–Kier alpha value is -2.20. The van der Waals surface area contributed by atoms with Crippen molar-refractivity contribution in [2.24, 2.45) is 0 Å². The Kier molecular flexibility index (Phi) is 5.49. The highest BCUT2D eigenvalue weighted by Gasteiger charge is 2.15. The van der Waals surface area contributed by atoms with Crippen molar-refractivity contribution < 1.29 is 9.53 Å². The zero-order valence-corrected chi connectivity index (χ0v) is 15.3. The summed E-state index contributed by atoms with van der Waals surface area (Å²) < 4.78 is 5.88. The number of rotatable bonds is 5. The van der Waals surface area contributed by atoms with Crippen LogP contribution >= 0.6 is 11.6 Å². The molecule has 2 aromatic rings. The molecule has 25 heavy (non-hydrogen) atoms. The maximum absolute atomic E-state index is 11.9. The third-order valence-electron chi connectivity index (χ3n) is 4.57. The van der Waals surface area contributed by atoms with E-state index in [4.69, 9.17) is 16.3 Å². The second-order valence-electron chi connectivity index (χ2n) is 6.43. The second-order valence-corrected chi connectivity index (χ2v) is 6.84. The van der Waals surface area contributed by atoms with Crippen molar-refractivity contribution in [3.05, 3.63) is 52.5 Å². The predicted molar refractivity (Wildman–Crippen MR) is 102 cm³/mol. The Bertz CT molecular complexity index is 770. The minimum absolute atomic E-state index is 0.134.